The van der Waals surface area contributed by atoms with Crippen LogP contribution in [0.3, 0.4) is 0 Å². The molecule has 2 aliphatic rings. The Morgan fingerprint density at radius 1 is 1.28 bits per heavy atom. The number of fused-ring (bicyclic) bond motifs is 2. The van der Waals surface area contributed by atoms with E-state index in [2.05, 4.69) is 5.32 Å². The molecule has 0 radical (unpaired) electrons. The first-order valence-electron chi connectivity index (χ1n) is 8.26. The molecule has 1 aromatic heterocycles. The van der Waals surface area contributed by atoms with Gasteiger partial charge in [-0.2, -0.15) is 0 Å². The minimum Gasteiger partial charge on any atom is -0.493 e. The van der Waals surface area contributed by atoms with Crippen LogP contribution >= 0.6 is 0 Å². The van der Waals surface area contributed by atoms with E-state index < -0.39 is 0 Å². The normalized spacial score (nSPS) is 22.2. The molecule has 7 nitrogen and oxygen atoms in total. The van der Waals surface area contributed by atoms with E-state index in [1.807, 2.05) is 13.0 Å². The lowest BCUT2D eigenvalue weighted by Gasteiger charge is -2.16. The number of hydrogen-bond acceptors (Lipinski definition) is 5. The highest BCUT2D eigenvalue weighted by atomic mass is 16.5. The molecule has 2 aromatic rings. The average Bonchev–Trinajstić information content (AvgIpc) is 3.24. The van der Waals surface area contributed by atoms with Gasteiger partial charge in [0.25, 0.3) is 5.91 Å². The lowest BCUT2D eigenvalue weighted by atomic mass is 10.1. The summed E-state index contributed by atoms with van der Waals surface area (Å²) in [5.74, 6) is 1.45. The van der Waals surface area contributed by atoms with Crippen molar-refractivity contribution in [1.82, 2.24) is 10.2 Å². The van der Waals surface area contributed by atoms with Gasteiger partial charge in [-0.15, -0.1) is 0 Å². The van der Waals surface area contributed by atoms with E-state index in [0.29, 0.717) is 42.4 Å². The van der Waals surface area contributed by atoms with E-state index in [-0.39, 0.29) is 23.8 Å². The SMILES string of the molecule is COc1ccc2c(C)c(C(=O)N3C[C@@H]4CC(=O)N[C@@H]4C3)oc2c1OC. The Hall–Kier alpha value is -2.70. The monoisotopic (exact) mass is 344 g/mol. The molecule has 2 fully saturated rings. The molecular weight excluding hydrogens is 324 g/mol. The van der Waals surface area contributed by atoms with Crippen LogP contribution in [0.25, 0.3) is 11.0 Å². The number of aryl methyl sites for hydroxylation is 1. The summed E-state index contributed by atoms with van der Waals surface area (Å²) in [4.78, 5) is 26.2. The van der Waals surface area contributed by atoms with Crippen molar-refractivity contribution in [1.29, 1.82) is 0 Å². The molecule has 0 unspecified atom stereocenters. The zero-order chi connectivity index (χ0) is 17.7. The number of carbonyl (C=O) groups excluding carboxylic acids is 2. The summed E-state index contributed by atoms with van der Waals surface area (Å²) in [5, 5.41) is 3.75. The first kappa shape index (κ1) is 15.8. The van der Waals surface area contributed by atoms with E-state index >= 15 is 0 Å². The summed E-state index contributed by atoms with van der Waals surface area (Å²) in [5.41, 5.74) is 1.29. The number of benzene rings is 1. The lowest BCUT2D eigenvalue weighted by molar-refractivity contribution is -0.119. The molecule has 25 heavy (non-hydrogen) atoms. The van der Waals surface area contributed by atoms with Gasteiger partial charge in [0.2, 0.25) is 11.7 Å². The summed E-state index contributed by atoms with van der Waals surface area (Å²) in [6.45, 7) is 2.95. The van der Waals surface area contributed by atoms with Crippen LogP contribution in [-0.4, -0.2) is 50.1 Å². The van der Waals surface area contributed by atoms with Crippen molar-refractivity contribution in [3.8, 4) is 11.5 Å². The summed E-state index contributed by atoms with van der Waals surface area (Å²) < 4.78 is 16.6. The molecule has 2 amide bonds. The Morgan fingerprint density at radius 3 is 2.76 bits per heavy atom. The summed E-state index contributed by atoms with van der Waals surface area (Å²) >= 11 is 0. The predicted molar refractivity (Wildman–Crippen MR) is 90.0 cm³/mol. The van der Waals surface area contributed by atoms with Crippen molar-refractivity contribution in [2.24, 2.45) is 5.92 Å². The molecule has 2 aliphatic heterocycles. The van der Waals surface area contributed by atoms with Crippen molar-refractivity contribution in [3.63, 3.8) is 0 Å². The molecule has 1 N–H and O–H groups in total. The number of nitrogens with zero attached hydrogens (tertiary/aromatic N) is 1. The van der Waals surface area contributed by atoms with Gasteiger partial charge in [-0.3, -0.25) is 9.59 Å². The minimum atomic E-state index is -0.154. The zero-order valence-corrected chi connectivity index (χ0v) is 14.4. The Morgan fingerprint density at radius 2 is 2.08 bits per heavy atom. The first-order valence-corrected chi connectivity index (χ1v) is 8.26. The van der Waals surface area contributed by atoms with Crippen molar-refractivity contribution in [3.05, 3.63) is 23.5 Å². The van der Waals surface area contributed by atoms with Gasteiger partial charge in [-0.25, -0.2) is 0 Å². The molecule has 0 bridgehead atoms. The molecular formula is C18H20N2O5. The molecule has 132 valence electrons. The second-order valence-electron chi connectivity index (χ2n) is 6.58. The molecule has 0 aliphatic carbocycles. The largest absolute Gasteiger partial charge is 0.493 e. The Labute approximate surface area is 144 Å². The topological polar surface area (TPSA) is 81.0 Å². The third-order valence-corrected chi connectivity index (χ3v) is 5.17. The Balaban J connectivity index is 1.69. The fourth-order valence-electron chi connectivity index (χ4n) is 3.86. The fourth-order valence-corrected chi connectivity index (χ4v) is 3.86. The van der Waals surface area contributed by atoms with Gasteiger partial charge in [0.1, 0.15) is 0 Å². The van der Waals surface area contributed by atoms with E-state index in [1.54, 1.807) is 25.2 Å². The van der Waals surface area contributed by atoms with Crippen LogP contribution in [0.5, 0.6) is 11.5 Å². The van der Waals surface area contributed by atoms with Crippen LogP contribution in [0, 0.1) is 12.8 Å². The third-order valence-electron chi connectivity index (χ3n) is 5.17. The van der Waals surface area contributed by atoms with E-state index in [4.69, 9.17) is 13.9 Å². The maximum Gasteiger partial charge on any atom is 0.289 e. The minimum absolute atomic E-state index is 0.0516. The van der Waals surface area contributed by atoms with Gasteiger partial charge < -0.3 is 24.1 Å². The quantitative estimate of drug-likeness (QED) is 0.917. The fraction of sp³-hybridized carbons (Fsp3) is 0.444. The zero-order valence-electron chi connectivity index (χ0n) is 14.4. The summed E-state index contributed by atoms with van der Waals surface area (Å²) in [6.07, 6.45) is 0.485. The van der Waals surface area contributed by atoms with E-state index in [9.17, 15) is 9.59 Å². The number of carbonyl (C=O) groups is 2. The maximum absolute atomic E-state index is 13.0. The molecule has 3 heterocycles. The molecule has 2 atom stereocenters. The van der Waals surface area contributed by atoms with Gasteiger partial charge in [-0.05, 0) is 19.1 Å². The highest BCUT2D eigenvalue weighted by Gasteiger charge is 2.42. The van der Waals surface area contributed by atoms with Gasteiger partial charge in [0, 0.05) is 36.4 Å². The van der Waals surface area contributed by atoms with Crippen LogP contribution < -0.4 is 14.8 Å². The van der Waals surface area contributed by atoms with E-state index in [1.165, 1.54) is 0 Å². The predicted octanol–water partition coefficient (Wildman–Crippen LogP) is 1.72. The van der Waals surface area contributed by atoms with Gasteiger partial charge >= 0.3 is 0 Å². The van der Waals surface area contributed by atoms with Crippen LogP contribution in [0.4, 0.5) is 0 Å². The van der Waals surface area contributed by atoms with Crippen molar-refractivity contribution >= 4 is 22.8 Å². The number of likely N-dealkylation sites (tertiary alicyclic amines) is 1. The number of furan rings is 1. The summed E-state index contributed by atoms with van der Waals surface area (Å²) in [6, 6.07) is 3.72. The molecule has 7 heteroatoms. The first-order chi connectivity index (χ1) is 12.0. The third kappa shape index (κ3) is 2.33. The van der Waals surface area contributed by atoms with Crippen LogP contribution in [-0.2, 0) is 4.79 Å². The standard InChI is InChI=1S/C18H20N2O5/c1-9-11-4-5-13(23-2)17(24-3)16(11)25-15(9)18(22)20-7-10-6-14(21)19-12(10)8-20/h4-5,10,12H,6-8H2,1-3H3,(H,19,21)/t10-,12+/m0/s1. The number of nitrogens with one attached hydrogen (secondary N) is 1. The molecule has 4 rings (SSSR count). The molecule has 0 spiro atoms. The number of amides is 2. The lowest BCUT2D eigenvalue weighted by Crippen LogP contribution is -2.35. The van der Waals surface area contributed by atoms with Gasteiger partial charge in [0.15, 0.2) is 17.1 Å². The molecule has 0 saturated carbocycles. The van der Waals surface area contributed by atoms with Crippen LogP contribution in [0.15, 0.2) is 16.5 Å². The second kappa shape index (κ2) is 5.68. The van der Waals surface area contributed by atoms with Crippen molar-refractivity contribution in [2.45, 2.75) is 19.4 Å². The van der Waals surface area contributed by atoms with Gasteiger partial charge in [-0.1, -0.05) is 0 Å². The Bertz CT molecular complexity index is 856. The van der Waals surface area contributed by atoms with Crippen molar-refractivity contribution < 1.29 is 23.5 Å². The number of methoxy groups -OCH3 is 2. The van der Waals surface area contributed by atoms with Crippen LogP contribution in [0.1, 0.15) is 22.5 Å². The van der Waals surface area contributed by atoms with Crippen molar-refractivity contribution in [2.75, 3.05) is 27.3 Å². The molecule has 1 aromatic carbocycles. The number of rotatable bonds is 3. The number of ether oxygens (including phenoxy) is 2. The highest BCUT2D eigenvalue weighted by molar-refractivity contribution is 6.01. The van der Waals surface area contributed by atoms with Crippen LogP contribution in [0.2, 0.25) is 0 Å². The Kier molecular flexibility index (Phi) is 3.59. The highest BCUT2D eigenvalue weighted by Crippen LogP contribution is 2.40. The molecule has 2 saturated heterocycles. The van der Waals surface area contributed by atoms with Gasteiger partial charge in [0.05, 0.1) is 20.3 Å². The second-order valence-corrected chi connectivity index (χ2v) is 6.58. The van der Waals surface area contributed by atoms with E-state index in [0.717, 1.165) is 10.9 Å². The maximum atomic E-state index is 13.0. The summed E-state index contributed by atoms with van der Waals surface area (Å²) in [7, 11) is 3.10. The number of hydrogen-bond donors (Lipinski definition) is 1. The smallest absolute Gasteiger partial charge is 0.289 e. The average molecular weight is 344 g/mol.